The van der Waals surface area contributed by atoms with E-state index in [1.807, 2.05) is 24.3 Å². The molecule has 1 fully saturated rings. The molecule has 0 N–H and O–H groups in total. The van der Waals surface area contributed by atoms with Crippen LogP contribution < -0.4 is 4.90 Å². The van der Waals surface area contributed by atoms with Crippen LogP contribution in [0.5, 0.6) is 0 Å². The van der Waals surface area contributed by atoms with Crippen molar-refractivity contribution in [3.8, 4) is 0 Å². The normalized spacial score (nSPS) is 13.9. The average Bonchev–Trinajstić information content (AvgIpc) is 2.79. The summed E-state index contributed by atoms with van der Waals surface area (Å²) in [5.74, 6) is -0.322. The number of piperazine rings is 1. The van der Waals surface area contributed by atoms with Crippen molar-refractivity contribution in [2.75, 3.05) is 31.1 Å². The second kappa shape index (κ2) is 8.90. The lowest BCUT2D eigenvalue weighted by Gasteiger charge is -2.36. The van der Waals surface area contributed by atoms with Crippen molar-refractivity contribution in [2.45, 2.75) is 0 Å². The second-order valence-corrected chi connectivity index (χ2v) is 7.96. The first-order chi connectivity index (χ1) is 14.5. The second-order valence-electron chi connectivity index (χ2n) is 7.11. The number of nitrogens with zero attached hydrogens (tertiary/aromatic N) is 2. The van der Waals surface area contributed by atoms with Crippen molar-refractivity contribution in [3.63, 3.8) is 0 Å². The minimum atomic E-state index is -0.190. The maximum atomic E-state index is 13.2. The quantitative estimate of drug-likeness (QED) is 0.526. The summed E-state index contributed by atoms with van der Waals surface area (Å²) in [6.07, 6.45) is 0. The number of rotatable bonds is 4. The third-order valence-electron chi connectivity index (χ3n) is 5.27. The SMILES string of the molecule is O=C(c1ccc(Cl)cc1)c1ccccc1C(=O)N1CCN(c2ccccc2Cl)CC1. The Balaban J connectivity index is 1.51. The number of carbonyl (C=O) groups excluding carboxylic acids is 2. The highest BCUT2D eigenvalue weighted by Crippen LogP contribution is 2.26. The fourth-order valence-electron chi connectivity index (χ4n) is 3.65. The first-order valence-corrected chi connectivity index (χ1v) is 10.5. The molecule has 4 rings (SSSR count). The van der Waals surface area contributed by atoms with E-state index >= 15 is 0 Å². The molecule has 0 bridgehead atoms. The standard InChI is InChI=1S/C24H20Cl2N2O2/c25-18-11-9-17(10-12-18)23(29)19-5-1-2-6-20(19)24(30)28-15-13-27(14-16-28)22-8-4-3-7-21(22)26/h1-12H,13-16H2. The Hall–Kier alpha value is -2.82. The largest absolute Gasteiger partial charge is 0.367 e. The summed E-state index contributed by atoms with van der Waals surface area (Å²) in [6.45, 7) is 2.49. The van der Waals surface area contributed by atoms with Crippen molar-refractivity contribution >= 4 is 40.6 Å². The molecule has 3 aromatic carbocycles. The summed E-state index contributed by atoms with van der Waals surface area (Å²) in [6, 6.07) is 21.4. The van der Waals surface area contributed by atoms with E-state index < -0.39 is 0 Å². The number of amides is 1. The summed E-state index contributed by atoms with van der Waals surface area (Å²) in [4.78, 5) is 30.2. The smallest absolute Gasteiger partial charge is 0.254 e. The van der Waals surface area contributed by atoms with Crippen LogP contribution in [0.25, 0.3) is 0 Å². The number of hydrogen-bond donors (Lipinski definition) is 0. The van der Waals surface area contributed by atoms with Gasteiger partial charge in [0.25, 0.3) is 5.91 Å². The molecule has 0 aliphatic carbocycles. The molecule has 0 spiro atoms. The van der Waals surface area contributed by atoms with E-state index in [-0.39, 0.29) is 11.7 Å². The number of para-hydroxylation sites is 1. The van der Waals surface area contributed by atoms with Gasteiger partial charge in [-0.15, -0.1) is 0 Å². The molecule has 0 radical (unpaired) electrons. The summed E-state index contributed by atoms with van der Waals surface area (Å²) >= 11 is 12.2. The molecule has 1 aliphatic heterocycles. The van der Waals surface area contributed by atoms with Crippen LogP contribution in [0.4, 0.5) is 5.69 Å². The van der Waals surface area contributed by atoms with Gasteiger partial charge in [-0.25, -0.2) is 0 Å². The Kier molecular flexibility index (Phi) is 6.07. The van der Waals surface area contributed by atoms with E-state index in [0.29, 0.717) is 52.9 Å². The summed E-state index contributed by atoms with van der Waals surface area (Å²) < 4.78 is 0. The monoisotopic (exact) mass is 438 g/mol. The van der Waals surface area contributed by atoms with E-state index in [9.17, 15) is 9.59 Å². The van der Waals surface area contributed by atoms with Gasteiger partial charge in [0, 0.05) is 42.3 Å². The minimum Gasteiger partial charge on any atom is -0.367 e. The van der Waals surface area contributed by atoms with Gasteiger partial charge < -0.3 is 9.80 Å². The zero-order valence-electron chi connectivity index (χ0n) is 16.2. The molecule has 0 saturated carbocycles. The Morgan fingerprint density at radius 3 is 1.97 bits per heavy atom. The Bertz CT molecular complexity index is 1070. The number of carbonyl (C=O) groups is 2. The molecular weight excluding hydrogens is 419 g/mol. The van der Waals surface area contributed by atoms with Crippen molar-refractivity contribution in [1.82, 2.24) is 4.90 Å². The van der Waals surface area contributed by atoms with Crippen LogP contribution in [0.3, 0.4) is 0 Å². The Morgan fingerprint density at radius 1 is 0.700 bits per heavy atom. The fraction of sp³-hybridized carbons (Fsp3) is 0.167. The lowest BCUT2D eigenvalue weighted by Crippen LogP contribution is -2.49. The van der Waals surface area contributed by atoms with E-state index in [2.05, 4.69) is 4.90 Å². The number of hydrogen-bond acceptors (Lipinski definition) is 3. The predicted molar refractivity (Wildman–Crippen MR) is 121 cm³/mol. The van der Waals surface area contributed by atoms with E-state index in [1.165, 1.54) is 0 Å². The van der Waals surface area contributed by atoms with E-state index in [4.69, 9.17) is 23.2 Å². The molecule has 30 heavy (non-hydrogen) atoms. The number of benzene rings is 3. The molecule has 0 atom stereocenters. The van der Waals surface area contributed by atoms with Gasteiger partial charge >= 0.3 is 0 Å². The summed E-state index contributed by atoms with van der Waals surface area (Å²) in [5.41, 5.74) is 2.30. The van der Waals surface area contributed by atoms with Crippen molar-refractivity contribution in [3.05, 3.63) is 99.5 Å². The first-order valence-electron chi connectivity index (χ1n) is 9.72. The molecule has 1 heterocycles. The fourth-order valence-corrected chi connectivity index (χ4v) is 4.03. The van der Waals surface area contributed by atoms with Crippen molar-refractivity contribution < 1.29 is 9.59 Å². The molecular formula is C24H20Cl2N2O2. The third-order valence-corrected chi connectivity index (χ3v) is 5.84. The van der Waals surface area contributed by atoms with Gasteiger partial charge in [0.2, 0.25) is 0 Å². The van der Waals surface area contributed by atoms with Crippen LogP contribution in [-0.4, -0.2) is 42.8 Å². The number of anilines is 1. The highest BCUT2D eigenvalue weighted by atomic mass is 35.5. The van der Waals surface area contributed by atoms with E-state index in [0.717, 1.165) is 5.69 Å². The van der Waals surface area contributed by atoms with Crippen LogP contribution in [0.1, 0.15) is 26.3 Å². The number of halogens is 2. The lowest BCUT2D eigenvalue weighted by atomic mass is 9.97. The van der Waals surface area contributed by atoms with Gasteiger partial charge in [-0.1, -0.05) is 53.5 Å². The molecule has 1 saturated heterocycles. The average molecular weight is 439 g/mol. The van der Waals surface area contributed by atoms with Crippen LogP contribution in [0.15, 0.2) is 72.8 Å². The summed E-state index contributed by atoms with van der Waals surface area (Å²) in [7, 11) is 0. The Morgan fingerprint density at radius 2 is 1.30 bits per heavy atom. The highest BCUT2D eigenvalue weighted by Gasteiger charge is 2.26. The molecule has 6 heteroatoms. The molecule has 3 aromatic rings. The molecule has 0 aromatic heterocycles. The lowest BCUT2D eigenvalue weighted by molar-refractivity contribution is 0.0742. The summed E-state index contributed by atoms with van der Waals surface area (Å²) in [5, 5.41) is 1.27. The van der Waals surface area contributed by atoms with Crippen LogP contribution in [0, 0.1) is 0 Å². The Labute approximate surface area is 185 Å². The van der Waals surface area contributed by atoms with Gasteiger partial charge in [-0.3, -0.25) is 9.59 Å². The predicted octanol–water partition coefficient (Wildman–Crippen LogP) is 5.19. The highest BCUT2D eigenvalue weighted by molar-refractivity contribution is 6.33. The minimum absolute atomic E-state index is 0.133. The van der Waals surface area contributed by atoms with E-state index in [1.54, 1.807) is 53.4 Å². The topological polar surface area (TPSA) is 40.6 Å². The molecule has 1 amide bonds. The van der Waals surface area contributed by atoms with Crippen LogP contribution in [0.2, 0.25) is 10.0 Å². The van der Waals surface area contributed by atoms with Crippen molar-refractivity contribution in [2.24, 2.45) is 0 Å². The third kappa shape index (κ3) is 4.20. The molecule has 152 valence electrons. The number of ketones is 1. The molecule has 1 aliphatic rings. The zero-order valence-corrected chi connectivity index (χ0v) is 17.7. The molecule has 0 unspecified atom stereocenters. The molecule has 4 nitrogen and oxygen atoms in total. The van der Waals surface area contributed by atoms with Gasteiger partial charge in [0.1, 0.15) is 0 Å². The van der Waals surface area contributed by atoms with Crippen molar-refractivity contribution in [1.29, 1.82) is 0 Å². The maximum absolute atomic E-state index is 13.2. The van der Waals surface area contributed by atoms with Gasteiger partial charge in [0.15, 0.2) is 5.78 Å². The van der Waals surface area contributed by atoms with Gasteiger partial charge in [-0.05, 0) is 42.5 Å². The maximum Gasteiger partial charge on any atom is 0.254 e. The zero-order chi connectivity index (χ0) is 21.1. The van der Waals surface area contributed by atoms with Gasteiger partial charge in [0.05, 0.1) is 16.3 Å². The van der Waals surface area contributed by atoms with Crippen LogP contribution >= 0.6 is 23.2 Å². The van der Waals surface area contributed by atoms with Gasteiger partial charge in [-0.2, -0.15) is 0 Å². The first kappa shape index (κ1) is 20.5. The van der Waals surface area contributed by atoms with Crippen LogP contribution in [-0.2, 0) is 0 Å².